The van der Waals surface area contributed by atoms with E-state index < -0.39 is 0 Å². The Morgan fingerprint density at radius 2 is 1.79 bits per heavy atom. The topological polar surface area (TPSA) is 42.9 Å². The standard InChI is InChI=1S/C13H18N2.C11H20FN3.C3H8/c1-11-5-8-13(9-6-11)10-7-12(2)15(4)14-3;1-10-3-4-13-5-7-15(2)8-6-14-9-11(10)12;1-3-2/h5-10,12H,3H2,1-2,4H3;3,9,13-14H,4-8H2,1-2H3;3H2,1-2H3/b10-7+;10-3-,11-9+;. The monoisotopic (exact) mass is 459 g/mol. The number of allylic oxidation sites excluding steroid dienone is 2. The van der Waals surface area contributed by atoms with E-state index in [1.165, 1.54) is 23.7 Å². The summed E-state index contributed by atoms with van der Waals surface area (Å²) in [6, 6.07) is 8.71. The van der Waals surface area contributed by atoms with Crippen LogP contribution in [-0.4, -0.2) is 69.5 Å². The maximum atomic E-state index is 13.4. The normalized spacial score (nSPS) is 19.4. The third kappa shape index (κ3) is 15.9. The minimum absolute atomic E-state index is 0.181. The fraction of sp³-hybridized carbons (Fsp3) is 0.519. The Kier molecular flexibility index (Phi) is 17.7. The van der Waals surface area contributed by atoms with Gasteiger partial charge in [-0.25, -0.2) is 4.39 Å². The molecule has 33 heavy (non-hydrogen) atoms. The van der Waals surface area contributed by atoms with Crippen molar-refractivity contribution in [1.29, 1.82) is 0 Å². The smallest absolute Gasteiger partial charge is 0.141 e. The van der Waals surface area contributed by atoms with Crippen LogP contribution in [-0.2, 0) is 0 Å². The molecule has 2 N–H and O–H groups in total. The molecule has 1 heterocycles. The van der Waals surface area contributed by atoms with Gasteiger partial charge in [0.15, 0.2) is 0 Å². The van der Waals surface area contributed by atoms with Crippen molar-refractivity contribution in [3.8, 4) is 0 Å². The van der Waals surface area contributed by atoms with Gasteiger partial charge in [0.2, 0.25) is 0 Å². The molecule has 5 nitrogen and oxygen atoms in total. The molecule has 1 aliphatic rings. The van der Waals surface area contributed by atoms with Crippen LogP contribution in [0.15, 0.2) is 59.1 Å². The lowest BCUT2D eigenvalue weighted by atomic mass is 10.1. The first kappa shape index (κ1) is 30.6. The van der Waals surface area contributed by atoms with Crippen molar-refractivity contribution >= 4 is 12.8 Å². The molecule has 186 valence electrons. The molecule has 0 saturated carbocycles. The number of nitrogens with zero attached hydrogens (tertiary/aromatic N) is 3. The van der Waals surface area contributed by atoms with Gasteiger partial charge in [-0.15, -0.1) is 0 Å². The number of rotatable bonds is 4. The van der Waals surface area contributed by atoms with Gasteiger partial charge >= 0.3 is 0 Å². The van der Waals surface area contributed by atoms with Gasteiger partial charge in [0, 0.05) is 52.7 Å². The second kappa shape index (κ2) is 19.1. The maximum Gasteiger partial charge on any atom is 0.141 e. The van der Waals surface area contributed by atoms with Gasteiger partial charge in [0.05, 0.1) is 6.04 Å². The Labute approximate surface area is 202 Å². The molecule has 1 aromatic rings. The fourth-order valence-electron chi connectivity index (χ4n) is 2.52. The summed E-state index contributed by atoms with van der Waals surface area (Å²) >= 11 is 0. The van der Waals surface area contributed by atoms with E-state index in [0.717, 1.165) is 32.7 Å². The zero-order chi connectivity index (χ0) is 25.1. The summed E-state index contributed by atoms with van der Waals surface area (Å²) < 4.78 is 13.4. The molecular weight excluding hydrogens is 413 g/mol. The Balaban J connectivity index is 0.000000555. The van der Waals surface area contributed by atoms with Gasteiger partial charge in [-0.3, -0.25) is 5.01 Å². The minimum Gasteiger partial charge on any atom is -0.387 e. The molecule has 0 aromatic heterocycles. The first-order chi connectivity index (χ1) is 15.7. The number of hydrogen-bond donors (Lipinski definition) is 2. The molecule has 0 spiro atoms. The highest BCUT2D eigenvalue weighted by atomic mass is 19.1. The average molecular weight is 460 g/mol. The predicted octanol–water partition coefficient (Wildman–Crippen LogP) is 5.23. The molecule has 6 heteroatoms. The van der Waals surface area contributed by atoms with Crippen LogP contribution in [0.3, 0.4) is 0 Å². The number of nitrogens with one attached hydrogen (secondary N) is 2. The van der Waals surface area contributed by atoms with E-state index >= 15 is 0 Å². The lowest BCUT2D eigenvalue weighted by Crippen LogP contribution is -2.33. The van der Waals surface area contributed by atoms with E-state index in [-0.39, 0.29) is 11.9 Å². The zero-order valence-electron chi connectivity index (χ0n) is 21.9. The third-order valence-corrected chi connectivity index (χ3v) is 4.92. The molecule has 2 rings (SSSR count). The van der Waals surface area contributed by atoms with Crippen LogP contribution in [0.25, 0.3) is 6.08 Å². The SMILES string of the molecule is C=NN(C)C(C)/C=C/c1ccc(C)cc1.CC1=C/CNCCN(C)CCN/C=C\1F.CCC. The molecule has 0 fully saturated rings. The van der Waals surface area contributed by atoms with E-state index in [0.29, 0.717) is 5.57 Å². The first-order valence-corrected chi connectivity index (χ1v) is 11.8. The van der Waals surface area contributed by atoms with Crippen molar-refractivity contribution in [3.63, 3.8) is 0 Å². The Morgan fingerprint density at radius 3 is 2.39 bits per heavy atom. The van der Waals surface area contributed by atoms with Crippen LogP contribution >= 0.6 is 0 Å². The summed E-state index contributed by atoms with van der Waals surface area (Å²) in [4.78, 5) is 2.21. The lowest BCUT2D eigenvalue weighted by molar-refractivity contribution is 0.317. The highest BCUT2D eigenvalue weighted by Gasteiger charge is 2.01. The molecule has 1 aliphatic heterocycles. The number of aryl methyl sites for hydroxylation is 1. The molecule has 0 amide bonds. The number of hydrogen-bond acceptors (Lipinski definition) is 5. The summed E-state index contributed by atoms with van der Waals surface area (Å²) in [6.45, 7) is 18.1. The van der Waals surface area contributed by atoms with Crippen molar-refractivity contribution in [3.05, 3.63) is 65.1 Å². The van der Waals surface area contributed by atoms with Crippen molar-refractivity contribution in [2.24, 2.45) is 5.10 Å². The van der Waals surface area contributed by atoms with Crippen LogP contribution in [0.1, 0.15) is 45.2 Å². The Hall–Kier alpha value is -2.44. The van der Waals surface area contributed by atoms with Crippen molar-refractivity contribution < 1.29 is 4.39 Å². The molecular formula is C27H46FN5. The second-order valence-electron chi connectivity index (χ2n) is 8.27. The van der Waals surface area contributed by atoms with Crippen LogP contribution in [0.5, 0.6) is 0 Å². The average Bonchev–Trinajstić information content (AvgIpc) is 2.80. The molecule has 1 atom stereocenters. The van der Waals surface area contributed by atoms with Crippen molar-refractivity contribution in [2.45, 2.75) is 47.1 Å². The van der Waals surface area contributed by atoms with E-state index in [1.807, 2.05) is 18.1 Å². The van der Waals surface area contributed by atoms with E-state index in [9.17, 15) is 4.39 Å². The van der Waals surface area contributed by atoms with Crippen molar-refractivity contribution in [2.75, 3.05) is 46.8 Å². The van der Waals surface area contributed by atoms with E-state index in [2.05, 4.69) is 98.5 Å². The van der Waals surface area contributed by atoms with Gasteiger partial charge in [-0.2, -0.15) is 5.10 Å². The van der Waals surface area contributed by atoms with Gasteiger partial charge in [-0.1, -0.05) is 68.3 Å². The highest BCUT2D eigenvalue weighted by Crippen LogP contribution is 2.09. The zero-order valence-corrected chi connectivity index (χ0v) is 21.9. The molecule has 0 saturated heterocycles. The number of likely N-dealkylation sites (N-methyl/N-ethyl adjacent to an activating group) is 2. The number of hydrazone groups is 1. The van der Waals surface area contributed by atoms with Crippen LogP contribution in [0, 0.1) is 6.92 Å². The van der Waals surface area contributed by atoms with Gasteiger partial charge < -0.3 is 15.5 Å². The summed E-state index contributed by atoms with van der Waals surface area (Å²) in [5.74, 6) is -0.181. The molecule has 1 unspecified atom stereocenters. The van der Waals surface area contributed by atoms with E-state index in [4.69, 9.17) is 0 Å². The minimum atomic E-state index is -0.181. The molecule has 1 aromatic carbocycles. The van der Waals surface area contributed by atoms with Gasteiger partial charge in [0.25, 0.3) is 0 Å². The predicted molar refractivity (Wildman–Crippen MR) is 144 cm³/mol. The van der Waals surface area contributed by atoms with E-state index in [1.54, 1.807) is 6.92 Å². The second-order valence-corrected chi connectivity index (χ2v) is 8.27. The largest absolute Gasteiger partial charge is 0.387 e. The van der Waals surface area contributed by atoms with Crippen LogP contribution < -0.4 is 10.6 Å². The Morgan fingerprint density at radius 1 is 1.18 bits per heavy atom. The van der Waals surface area contributed by atoms with Gasteiger partial charge in [-0.05, 0) is 39.0 Å². The summed E-state index contributed by atoms with van der Waals surface area (Å²) in [7, 11) is 3.98. The molecule has 0 radical (unpaired) electrons. The summed E-state index contributed by atoms with van der Waals surface area (Å²) in [5, 5.41) is 11.9. The summed E-state index contributed by atoms with van der Waals surface area (Å²) in [5.41, 5.74) is 3.18. The van der Waals surface area contributed by atoms with Crippen molar-refractivity contribution in [1.82, 2.24) is 20.5 Å². The van der Waals surface area contributed by atoms with Gasteiger partial charge in [0.1, 0.15) is 5.83 Å². The first-order valence-electron chi connectivity index (χ1n) is 11.8. The van der Waals surface area contributed by atoms with Crippen LogP contribution in [0.2, 0.25) is 0 Å². The number of benzene rings is 1. The fourth-order valence-corrected chi connectivity index (χ4v) is 2.52. The molecule has 0 aliphatic carbocycles. The van der Waals surface area contributed by atoms with Crippen LogP contribution in [0.4, 0.5) is 4.39 Å². The summed E-state index contributed by atoms with van der Waals surface area (Å²) in [6.07, 6.45) is 8.78. The maximum absolute atomic E-state index is 13.4. The Bertz CT molecular complexity index is 725. The third-order valence-electron chi connectivity index (χ3n) is 4.92. The lowest BCUT2D eigenvalue weighted by Gasteiger charge is -2.17. The number of halogens is 1. The quantitative estimate of drug-likeness (QED) is 0.478. The molecule has 0 bridgehead atoms. The highest BCUT2D eigenvalue weighted by molar-refractivity contribution is 5.50.